The Morgan fingerprint density at radius 1 is 1.10 bits per heavy atom. The molecule has 0 spiro atoms. The van der Waals surface area contributed by atoms with Crippen molar-refractivity contribution in [3.63, 3.8) is 0 Å². The Hall–Kier alpha value is -2.84. The molecule has 7 nitrogen and oxygen atoms in total. The lowest BCUT2D eigenvalue weighted by Crippen LogP contribution is -2.15. The molecule has 0 saturated heterocycles. The number of carbonyl (C=O) groups excluding carboxylic acids is 1. The van der Waals surface area contributed by atoms with E-state index in [0.717, 1.165) is 22.5 Å². The summed E-state index contributed by atoms with van der Waals surface area (Å²) in [5.41, 5.74) is 3.49. The predicted octanol–water partition coefficient (Wildman–Crippen LogP) is 4.63. The van der Waals surface area contributed by atoms with E-state index in [0.29, 0.717) is 33.8 Å². The Morgan fingerprint density at radius 3 is 2.32 bits per heavy atom. The van der Waals surface area contributed by atoms with Gasteiger partial charge in [0.2, 0.25) is 11.7 Å². The van der Waals surface area contributed by atoms with Crippen LogP contribution in [0.1, 0.15) is 22.1 Å². The smallest absolute Gasteiger partial charge is 0.235 e. The van der Waals surface area contributed by atoms with Crippen LogP contribution < -0.4 is 19.5 Å². The lowest BCUT2D eigenvalue weighted by Gasteiger charge is -2.19. The van der Waals surface area contributed by atoms with Gasteiger partial charge in [-0.25, -0.2) is 4.68 Å². The van der Waals surface area contributed by atoms with Crippen LogP contribution in [0.5, 0.6) is 17.2 Å². The van der Waals surface area contributed by atoms with Crippen LogP contribution >= 0.6 is 23.4 Å². The van der Waals surface area contributed by atoms with E-state index in [9.17, 15) is 4.79 Å². The Morgan fingerprint density at radius 2 is 1.74 bits per heavy atom. The molecule has 4 rings (SSSR count). The zero-order valence-corrected chi connectivity index (χ0v) is 19.1. The van der Waals surface area contributed by atoms with E-state index in [1.54, 1.807) is 38.1 Å². The molecule has 0 unspecified atom stereocenters. The number of nitrogens with zero attached hydrogens (tertiary/aromatic N) is 2. The highest BCUT2D eigenvalue weighted by Gasteiger charge is 2.32. The number of carbonyl (C=O) groups is 1. The Kier molecular flexibility index (Phi) is 6.02. The number of rotatable bonds is 5. The van der Waals surface area contributed by atoms with Crippen molar-refractivity contribution in [3.05, 3.63) is 58.2 Å². The van der Waals surface area contributed by atoms with Gasteiger partial charge in [-0.1, -0.05) is 11.6 Å². The summed E-state index contributed by atoms with van der Waals surface area (Å²) in [7, 11) is 4.74. The molecule has 3 aromatic rings. The van der Waals surface area contributed by atoms with Gasteiger partial charge in [0.25, 0.3) is 0 Å². The summed E-state index contributed by atoms with van der Waals surface area (Å²) in [5, 5.41) is 8.22. The van der Waals surface area contributed by atoms with E-state index in [1.807, 2.05) is 31.2 Å². The maximum atomic E-state index is 12.6. The molecule has 0 radical (unpaired) electrons. The first-order chi connectivity index (χ1) is 15.0. The number of aryl methyl sites for hydroxylation is 1. The number of aromatic nitrogens is 2. The molecule has 31 heavy (non-hydrogen) atoms. The standard InChI is InChI=1S/C22H22ClN3O4S/c1-12-19-21(13-9-16(28-2)20(30-4)17(10-13)29-3)31-11-18(27)24-22(19)26(25-12)15-7-5-14(23)6-8-15/h5-10,21H,11H2,1-4H3,(H,24,27)/t21-/m1/s1. The van der Waals surface area contributed by atoms with Crippen molar-refractivity contribution in [2.75, 3.05) is 32.4 Å². The average molecular weight is 460 g/mol. The molecular weight excluding hydrogens is 438 g/mol. The van der Waals surface area contributed by atoms with Crippen LogP contribution in [-0.4, -0.2) is 42.8 Å². The SMILES string of the molecule is COc1cc([C@H]2SCC(=O)Nc3c2c(C)nn3-c2ccc(Cl)cc2)cc(OC)c1OC. The van der Waals surface area contributed by atoms with Crippen LogP contribution in [0.15, 0.2) is 36.4 Å². The van der Waals surface area contributed by atoms with Crippen molar-refractivity contribution in [1.29, 1.82) is 0 Å². The summed E-state index contributed by atoms with van der Waals surface area (Å²) in [6.45, 7) is 1.94. The van der Waals surface area contributed by atoms with Crippen molar-refractivity contribution in [1.82, 2.24) is 9.78 Å². The van der Waals surface area contributed by atoms with Crippen molar-refractivity contribution in [3.8, 4) is 22.9 Å². The first kappa shape index (κ1) is 21.4. The van der Waals surface area contributed by atoms with Crippen LogP contribution in [0, 0.1) is 6.92 Å². The third kappa shape index (κ3) is 3.93. The number of thioether (sulfide) groups is 1. The molecule has 2 heterocycles. The minimum Gasteiger partial charge on any atom is -0.493 e. The summed E-state index contributed by atoms with van der Waals surface area (Å²) in [5.74, 6) is 2.51. The number of hydrogen-bond acceptors (Lipinski definition) is 6. The highest BCUT2D eigenvalue weighted by atomic mass is 35.5. The van der Waals surface area contributed by atoms with E-state index < -0.39 is 0 Å². The molecule has 0 saturated carbocycles. The molecule has 9 heteroatoms. The van der Waals surface area contributed by atoms with Gasteiger partial charge < -0.3 is 19.5 Å². The van der Waals surface area contributed by atoms with Gasteiger partial charge in [0.1, 0.15) is 5.82 Å². The molecule has 1 aliphatic heterocycles. The largest absolute Gasteiger partial charge is 0.493 e. The molecule has 1 N–H and O–H groups in total. The Balaban J connectivity index is 1.89. The molecule has 2 aromatic carbocycles. The summed E-state index contributed by atoms with van der Waals surface area (Å²) < 4.78 is 18.3. The predicted molar refractivity (Wildman–Crippen MR) is 122 cm³/mol. The monoisotopic (exact) mass is 459 g/mol. The summed E-state index contributed by atoms with van der Waals surface area (Å²) in [6.07, 6.45) is 0. The number of fused-ring (bicyclic) bond motifs is 1. The first-order valence-electron chi connectivity index (χ1n) is 9.53. The normalized spacial score (nSPS) is 15.6. The van der Waals surface area contributed by atoms with E-state index in [4.69, 9.17) is 30.9 Å². The van der Waals surface area contributed by atoms with Crippen LogP contribution in [0.3, 0.4) is 0 Å². The lowest BCUT2D eigenvalue weighted by molar-refractivity contribution is -0.113. The zero-order chi connectivity index (χ0) is 22.1. The maximum Gasteiger partial charge on any atom is 0.235 e. The minimum atomic E-state index is -0.163. The van der Waals surface area contributed by atoms with Crippen LogP contribution in [0.2, 0.25) is 5.02 Å². The topological polar surface area (TPSA) is 74.6 Å². The van der Waals surface area contributed by atoms with Gasteiger partial charge in [-0.2, -0.15) is 5.10 Å². The third-order valence-corrected chi connectivity index (χ3v) is 6.59. The number of methoxy groups -OCH3 is 3. The Bertz CT molecular complexity index is 1110. The van der Waals surface area contributed by atoms with E-state index in [2.05, 4.69) is 5.32 Å². The number of halogens is 1. The molecule has 1 aromatic heterocycles. The molecule has 1 atom stereocenters. The van der Waals surface area contributed by atoms with Gasteiger partial charge in [-0.15, -0.1) is 11.8 Å². The van der Waals surface area contributed by atoms with Crippen molar-refractivity contribution in [2.45, 2.75) is 12.2 Å². The highest BCUT2D eigenvalue weighted by Crippen LogP contribution is 2.48. The quantitative estimate of drug-likeness (QED) is 0.599. The lowest BCUT2D eigenvalue weighted by atomic mass is 10.0. The summed E-state index contributed by atoms with van der Waals surface area (Å²) in [6, 6.07) is 11.2. The minimum absolute atomic E-state index is 0.0868. The van der Waals surface area contributed by atoms with Crippen LogP contribution in [0.4, 0.5) is 5.82 Å². The van der Waals surface area contributed by atoms with Gasteiger partial charge in [0, 0.05) is 10.6 Å². The number of amides is 1. The maximum absolute atomic E-state index is 12.6. The van der Waals surface area contributed by atoms with Gasteiger partial charge in [-0.05, 0) is 48.9 Å². The van der Waals surface area contributed by atoms with Crippen LogP contribution in [-0.2, 0) is 4.79 Å². The molecule has 0 bridgehead atoms. The molecular formula is C22H22ClN3O4S. The van der Waals surface area contributed by atoms with E-state index in [1.165, 1.54) is 11.8 Å². The third-order valence-electron chi connectivity index (χ3n) is 5.07. The number of anilines is 1. The van der Waals surface area contributed by atoms with Crippen molar-refractivity contribution in [2.24, 2.45) is 0 Å². The fraction of sp³-hybridized carbons (Fsp3) is 0.273. The van der Waals surface area contributed by atoms with Crippen molar-refractivity contribution >= 4 is 35.1 Å². The fourth-order valence-corrected chi connectivity index (χ4v) is 4.96. The van der Waals surface area contributed by atoms with Crippen LogP contribution in [0.25, 0.3) is 5.69 Å². The highest BCUT2D eigenvalue weighted by molar-refractivity contribution is 8.00. The molecule has 162 valence electrons. The second kappa shape index (κ2) is 8.72. The zero-order valence-electron chi connectivity index (χ0n) is 17.6. The number of benzene rings is 2. The number of nitrogens with one attached hydrogen (secondary N) is 1. The summed E-state index contributed by atoms with van der Waals surface area (Å²) >= 11 is 7.57. The number of ether oxygens (including phenoxy) is 3. The molecule has 0 aliphatic carbocycles. The Labute approximate surface area is 189 Å². The average Bonchev–Trinajstić information content (AvgIpc) is 2.98. The van der Waals surface area contributed by atoms with E-state index >= 15 is 0 Å². The second-order valence-corrected chi connectivity index (χ2v) is 8.46. The first-order valence-corrected chi connectivity index (χ1v) is 11.0. The van der Waals surface area contributed by atoms with Gasteiger partial charge in [0.05, 0.1) is 43.7 Å². The molecule has 1 amide bonds. The van der Waals surface area contributed by atoms with Gasteiger partial charge >= 0.3 is 0 Å². The molecule has 1 aliphatic rings. The van der Waals surface area contributed by atoms with Gasteiger partial charge in [-0.3, -0.25) is 4.79 Å². The van der Waals surface area contributed by atoms with Crippen molar-refractivity contribution < 1.29 is 19.0 Å². The number of hydrogen-bond donors (Lipinski definition) is 1. The molecule has 0 fully saturated rings. The fourth-order valence-electron chi connectivity index (χ4n) is 3.67. The second-order valence-electron chi connectivity index (χ2n) is 6.93. The van der Waals surface area contributed by atoms with E-state index in [-0.39, 0.29) is 11.2 Å². The van der Waals surface area contributed by atoms with Gasteiger partial charge in [0.15, 0.2) is 11.5 Å². The summed E-state index contributed by atoms with van der Waals surface area (Å²) in [4.78, 5) is 12.6.